The van der Waals surface area contributed by atoms with Crippen LogP contribution in [0.5, 0.6) is 11.5 Å². The Hall–Kier alpha value is -2.46. The Labute approximate surface area is 173 Å². The lowest BCUT2D eigenvalue weighted by Gasteiger charge is -2.41. The molecule has 1 atom stereocenters. The fourth-order valence-corrected chi connectivity index (χ4v) is 3.98. The molecule has 1 aromatic heterocycles. The highest BCUT2D eigenvalue weighted by Crippen LogP contribution is 2.37. The number of likely N-dealkylation sites (tertiary alicyclic amines) is 1. The first-order chi connectivity index (χ1) is 14.3. The van der Waals surface area contributed by atoms with Crippen molar-refractivity contribution >= 4 is 17.3 Å². The number of carbonyl (C=O) groups excluding carboxylic acids is 1. The van der Waals surface area contributed by atoms with Crippen molar-refractivity contribution in [3.63, 3.8) is 0 Å². The topological polar surface area (TPSA) is 141 Å². The number of aldehydes is 1. The van der Waals surface area contributed by atoms with Crippen LogP contribution in [0.3, 0.4) is 0 Å². The maximum atomic E-state index is 12.6. The molecule has 3 rings (SSSR count). The summed E-state index contributed by atoms with van der Waals surface area (Å²) in [5.74, 6) is -0.326. The summed E-state index contributed by atoms with van der Waals surface area (Å²) >= 11 is 0. The van der Waals surface area contributed by atoms with Gasteiger partial charge in [-0.15, -0.1) is 0 Å². The zero-order valence-corrected chi connectivity index (χ0v) is 17.1. The van der Waals surface area contributed by atoms with E-state index < -0.39 is 23.0 Å². The molecule has 4 N–H and O–H groups in total. The Morgan fingerprint density at radius 2 is 1.93 bits per heavy atom. The van der Waals surface area contributed by atoms with E-state index in [9.17, 15) is 30.0 Å². The van der Waals surface area contributed by atoms with Gasteiger partial charge in [-0.1, -0.05) is 0 Å². The number of piperidine rings is 1. The molecule has 0 radical (unpaired) electrons. The third-order valence-corrected chi connectivity index (χ3v) is 6.23. The van der Waals surface area contributed by atoms with Crippen molar-refractivity contribution in [1.29, 1.82) is 0 Å². The van der Waals surface area contributed by atoms with Crippen molar-refractivity contribution in [1.82, 2.24) is 4.90 Å². The number of nitrogens with zero attached hydrogens (tertiary/aromatic N) is 1. The lowest BCUT2D eigenvalue weighted by molar-refractivity contribution is -0.0615. The molecule has 0 saturated carbocycles. The number of aliphatic hydroxyl groups is 3. The minimum Gasteiger partial charge on any atom is -0.504 e. The van der Waals surface area contributed by atoms with Crippen molar-refractivity contribution in [3.8, 4) is 11.5 Å². The highest BCUT2D eigenvalue weighted by Gasteiger charge is 2.35. The number of rotatable bonds is 7. The second-order valence-electron chi connectivity index (χ2n) is 7.87. The number of aryl methyl sites for hydroxylation is 1. The number of aromatic hydroxyl groups is 1. The van der Waals surface area contributed by atoms with E-state index in [-0.39, 0.29) is 42.1 Å². The summed E-state index contributed by atoms with van der Waals surface area (Å²) in [7, 11) is 1.35. The molecule has 0 spiro atoms. The van der Waals surface area contributed by atoms with Crippen LogP contribution in [0.25, 0.3) is 11.0 Å². The molecular weight excluding hydrogens is 394 g/mol. The van der Waals surface area contributed by atoms with Gasteiger partial charge in [0.1, 0.15) is 11.8 Å². The molecule has 1 aliphatic heterocycles. The molecule has 2 aromatic rings. The van der Waals surface area contributed by atoms with E-state index in [0.29, 0.717) is 43.2 Å². The second kappa shape index (κ2) is 8.73. The monoisotopic (exact) mass is 421 g/mol. The molecule has 1 aliphatic rings. The van der Waals surface area contributed by atoms with Crippen molar-refractivity contribution in [3.05, 3.63) is 33.2 Å². The third-order valence-electron chi connectivity index (χ3n) is 6.23. The molecule has 0 bridgehead atoms. The Morgan fingerprint density at radius 3 is 2.47 bits per heavy atom. The van der Waals surface area contributed by atoms with Crippen LogP contribution in [0.4, 0.5) is 0 Å². The summed E-state index contributed by atoms with van der Waals surface area (Å²) in [6, 6.07) is 1.49. The Morgan fingerprint density at radius 1 is 1.30 bits per heavy atom. The molecule has 1 saturated heterocycles. The number of fused-ring (bicyclic) bond motifs is 1. The van der Waals surface area contributed by atoms with Gasteiger partial charge in [0.05, 0.1) is 20.3 Å². The van der Waals surface area contributed by atoms with Gasteiger partial charge in [0.2, 0.25) is 0 Å². The number of ether oxygens (including phenoxy) is 1. The molecule has 9 nitrogen and oxygen atoms in total. The summed E-state index contributed by atoms with van der Waals surface area (Å²) in [4.78, 5) is 25.8. The van der Waals surface area contributed by atoms with Gasteiger partial charge in [-0.25, -0.2) is 4.79 Å². The Balaban J connectivity index is 1.92. The van der Waals surface area contributed by atoms with Crippen LogP contribution in [-0.2, 0) is 6.42 Å². The zero-order valence-electron chi connectivity index (χ0n) is 17.1. The van der Waals surface area contributed by atoms with Crippen LogP contribution in [-0.4, -0.2) is 71.3 Å². The maximum absolute atomic E-state index is 12.6. The van der Waals surface area contributed by atoms with E-state index >= 15 is 0 Å². The quantitative estimate of drug-likeness (QED) is 0.373. The van der Waals surface area contributed by atoms with E-state index in [1.807, 2.05) is 0 Å². The molecule has 0 amide bonds. The maximum Gasteiger partial charge on any atom is 0.339 e. The lowest BCUT2D eigenvalue weighted by atomic mass is 9.80. The summed E-state index contributed by atoms with van der Waals surface area (Å²) in [5, 5.41) is 40.3. The van der Waals surface area contributed by atoms with Gasteiger partial charge in [0.15, 0.2) is 23.4 Å². The summed E-state index contributed by atoms with van der Waals surface area (Å²) < 4.78 is 10.4. The fraction of sp³-hybridized carbons (Fsp3) is 0.524. The number of phenols is 1. The molecule has 164 valence electrons. The average molecular weight is 421 g/mol. The van der Waals surface area contributed by atoms with E-state index in [0.717, 1.165) is 0 Å². The molecule has 0 aliphatic carbocycles. The molecule has 30 heavy (non-hydrogen) atoms. The molecule has 1 unspecified atom stereocenters. The average Bonchev–Trinajstić information content (AvgIpc) is 2.76. The number of benzene rings is 1. The largest absolute Gasteiger partial charge is 0.504 e. The molecule has 9 heteroatoms. The highest BCUT2D eigenvalue weighted by atomic mass is 16.5. The molecule has 1 fully saturated rings. The third kappa shape index (κ3) is 3.81. The molecule has 1 aromatic carbocycles. The standard InChI is InChI=1S/C21H27NO8/c1-12-13-7-16(29-2)18(27)15(9-23)19(13)30-20(28)14(12)8-17(26)22-5-3-21(10-24,11-25)4-6-22/h7,9,17,24-27H,3-6,8,10-11H2,1-2H3. The normalized spacial score (nSPS) is 17.8. The second-order valence-corrected chi connectivity index (χ2v) is 7.87. The van der Waals surface area contributed by atoms with Gasteiger partial charge in [0.25, 0.3) is 0 Å². The number of phenolic OH excluding ortho intramolecular Hbond substituents is 1. The van der Waals surface area contributed by atoms with Gasteiger partial charge < -0.3 is 29.6 Å². The SMILES string of the molecule is COc1cc2c(C)c(CC(O)N3CCC(CO)(CO)CC3)c(=O)oc2c(C=O)c1O. The van der Waals surface area contributed by atoms with E-state index in [1.54, 1.807) is 11.8 Å². The van der Waals surface area contributed by atoms with Crippen LogP contribution in [0, 0.1) is 12.3 Å². The highest BCUT2D eigenvalue weighted by molar-refractivity contribution is 6.00. The van der Waals surface area contributed by atoms with E-state index in [1.165, 1.54) is 13.2 Å². The first kappa shape index (κ1) is 22.2. The van der Waals surface area contributed by atoms with Crippen molar-refractivity contribution in [2.45, 2.75) is 32.4 Å². The molecule has 2 heterocycles. The van der Waals surface area contributed by atoms with Gasteiger partial charge >= 0.3 is 5.63 Å². The van der Waals surface area contributed by atoms with Crippen LogP contribution in [0.2, 0.25) is 0 Å². The Kier molecular flexibility index (Phi) is 6.47. The van der Waals surface area contributed by atoms with Crippen molar-refractivity contribution in [2.24, 2.45) is 5.41 Å². The van der Waals surface area contributed by atoms with Gasteiger partial charge in [-0.3, -0.25) is 9.69 Å². The first-order valence-corrected chi connectivity index (χ1v) is 9.76. The smallest absolute Gasteiger partial charge is 0.339 e. The van der Waals surface area contributed by atoms with Gasteiger partial charge in [-0.05, 0) is 31.4 Å². The predicted molar refractivity (Wildman–Crippen MR) is 108 cm³/mol. The number of aliphatic hydroxyl groups excluding tert-OH is 3. The van der Waals surface area contributed by atoms with E-state index in [2.05, 4.69) is 0 Å². The van der Waals surface area contributed by atoms with Crippen LogP contribution in [0.15, 0.2) is 15.3 Å². The van der Waals surface area contributed by atoms with Crippen LogP contribution in [0.1, 0.15) is 34.3 Å². The van der Waals surface area contributed by atoms with Crippen LogP contribution < -0.4 is 10.4 Å². The summed E-state index contributed by atoms with van der Waals surface area (Å²) in [5.41, 5.74) is -0.643. The first-order valence-electron chi connectivity index (χ1n) is 9.76. The van der Waals surface area contributed by atoms with E-state index in [4.69, 9.17) is 9.15 Å². The number of hydrogen-bond acceptors (Lipinski definition) is 9. The Bertz CT molecular complexity index is 985. The fourth-order valence-electron chi connectivity index (χ4n) is 3.98. The van der Waals surface area contributed by atoms with Crippen molar-refractivity contribution in [2.75, 3.05) is 33.4 Å². The lowest BCUT2D eigenvalue weighted by Crippen LogP contribution is -2.48. The van der Waals surface area contributed by atoms with Gasteiger partial charge in [0, 0.05) is 35.9 Å². The number of methoxy groups -OCH3 is 1. The van der Waals surface area contributed by atoms with Gasteiger partial charge in [-0.2, -0.15) is 0 Å². The zero-order chi connectivity index (χ0) is 22.1. The minimum atomic E-state index is -0.955. The van der Waals surface area contributed by atoms with Crippen LogP contribution >= 0.6 is 0 Å². The number of carbonyl (C=O) groups is 1. The number of hydrogen-bond donors (Lipinski definition) is 4. The summed E-state index contributed by atoms with van der Waals surface area (Å²) in [6.45, 7) is 2.39. The minimum absolute atomic E-state index is 0.00890. The predicted octanol–water partition coefficient (Wildman–Crippen LogP) is 0.556. The van der Waals surface area contributed by atoms with Crippen molar-refractivity contribution < 1.29 is 34.4 Å². The molecular formula is C21H27NO8. The summed E-state index contributed by atoms with van der Waals surface area (Å²) in [6.07, 6.45) is 0.515.